The SMILES string of the molecule is O=C(O)CCCCCCCCC(=O)O.c1cc[c]([Sb]([c]2ccccc2)[c]2ccccc2)cc1. The molecule has 0 aliphatic rings. The molecule has 3 aromatic rings. The van der Waals surface area contributed by atoms with Crippen molar-refractivity contribution in [3.05, 3.63) is 91.0 Å². The molecule has 0 atom stereocenters. The summed E-state index contributed by atoms with van der Waals surface area (Å²) >= 11 is -1.83. The molecule has 0 aromatic heterocycles. The van der Waals surface area contributed by atoms with Gasteiger partial charge in [-0.15, -0.1) is 0 Å². The Morgan fingerprint density at radius 1 is 0.485 bits per heavy atom. The van der Waals surface area contributed by atoms with Gasteiger partial charge in [-0.1, -0.05) is 25.7 Å². The van der Waals surface area contributed by atoms with Crippen molar-refractivity contribution in [1.82, 2.24) is 0 Å². The van der Waals surface area contributed by atoms with Crippen molar-refractivity contribution in [1.29, 1.82) is 0 Å². The summed E-state index contributed by atoms with van der Waals surface area (Å²) < 4.78 is 4.55. The van der Waals surface area contributed by atoms with Crippen molar-refractivity contribution < 1.29 is 19.8 Å². The monoisotopic (exact) mass is 554 g/mol. The van der Waals surface area contributed by atoms with Crippen LogP contribution in [0.15, 0.2) is 91.0 Å². The van der Waals surface area contributed by atoms with E-state index in [4.69, 9.17) is 10.2 Å². The fraction of sp³-hybridized carbons (Fsp3) is 0.286. The van der Waals surface area contributed by atoms with Gasteiger partial charge in [0.1, 0.15) is 0 Å². The van der Waals surface area contributed by atoms with Gasteiger partial charge in [-0.2, -0.15) is 0 Å². The fourth-order valence-corrected chi connectivity index (χ4v) is 10.0. The van der Waals surface area contributed by atoms with Gasteiger partial charge in [-0.05, 0) is 12.8 Å². The molecule has 0 saturated heterocycles. The van der Waals surface area contributed by atoms with Crippen LogP contribution in [-0.4, -0.2) is 42.4 Å². The van der Waals surface area contributed by atoms with Gasteiger partial charge in [0, 0.05) is 12.8 Å². The molecule has 0 bridgehead atoms. The Kier molecular flexibility index (Phi) is 13.0. The van der Waals surface area contributed by atoms with Gasteiger partial charge in [-0.25, -0.2) is 0 Å². The Bertz CT molecular complexity index is 816. The summed E-state index contributed by atoms with van der Waals surface area (Å²) in [5.74, 6) is -1.48. The molecular weight excluding hydrogens is 522 g/mol. The van der Waals surface area contributed by atoms with Crippen LogP contribution in [0.1, 0.15) is 51.4 Å². The summed E-state index contributed by atoms with van der Waals surface area (Å²) in [6, 6.07) is 32.9. The second kappa shape index (κ2) is 16.1. The van der Waals surface area contributed by atoms with E-state index in [9.17, 15) is 9.59 Å². The van der Waals surface area contributed by atoms with E-state index < -0.39 is 32.1 Å². The molecule has 0 amide bonds. The number of hydrogen-bond donors (Lipinski definition) is 2. The third-order valence-corrected chi connectivity index (χ3v) is 12.0. The first kappa shape index (κ1) is 26.7. The van der Waals surface area contributed by atoms with Crippen LogP contribution >= 0.6 is 0 Å². The Hall–Kier alpha value is -2.58. The Morgan fingerprint density at radius 2 is 0.758 bits per heavy atom. The van der Waals surface area contributed by atoms with Crippen molar-refractivity contribution in [3.63, 3.8) is 0 Å². The quantitative estimate of drug-likeness (QED) is 0.256. The first-order valence-electron chi connectivity index (χ1n) is 11.5. The summed E-state index contributed by atoms with van der Waals surface area (Å²) in [5, 5.41) is 16.7. The van der Waals surface area contributed by atoms with Crippen LogP contribution in [-0.2, 0) is 9.59 Å². The van der Waals surface area contributed by atoms with E-state index in [-0.39, 0.29) is 12.8 Å². The molecule has 2 N–H and O–H groups in total. The zero-order chi connectivity index (χ0) is 23.7. The molecule has 5 heteroatoms. The number of aliphatic carboxylic acids is 2. The van der Waals surface area contributed by atoms with E-state index in [1.165, 1.54) is 10.5 Å². The van der Waals surface area contributed by atoms with E-state index >= 15 is 0 Å². The van der Waals surface area contributed by atoms with E-state index in [1.807, 2.05) is 0 Å². The van der Waals surface area contributed by atoms with Crippen LogP contribution in [0.5, 0.6) is 0 Å². The average Bonchev–Trinajstić information content (AvgIpc) is 2.83. The molecule has 174 valence electrons. The number of unbranched alkanes of at least 4 members (excludes halogenated alkanes) is 5. The molecule has 0 saturated carbocycles. The predicted octanol–water partition coefficient (Wildman–Crippen LogP) is 4.48. The molecule has 4 nitrogen and oxygen atoms in total. The van der Waals surface area contributed by atoms with E-state index in [1.54, 1.807) is 0 Å². The van der Waals surface area contributed by atoms with Gasteiger partial charge < -0.3 is 10.2 Å². The van der Waals surface area contributed by atoms with E-state index in [2.05, 4.69) is 91.0 Å². The van der Waals surface area contributed by atoms with Crippen LogP contribution in [0.4, 0.5) is 0 Å². The van der Waals surface area contributed by atoms with Crippen molar-refractivity contribution in [2.75, 3.05) is 0 Å². The van der Waals surface area contributed by atoms with Gasteiger partial charge in [0.25, 0.3) is 0 Å². The number of carboxylic acid groups (broad SMARTS) is 2. The molecule has 0 heterocycles. The first-order chi connectivity index (χ1) is 16.1. The normalized spacial score (nSPS) is 10.3. The van der Waals surface area contributed by atoms with Gasteiger partial charge in [-0.3, -0.25) is 9.59 Å². The summed E-state index contributed by atoms with van der Waals surface area (Å²) in [6.07, 6.45) is 5.82. The third-order valence-electron chi connectivity index (χ3n) is 5.07. The molecule has 0 aliphatic carbocycles. The Labute approximate surface area is 204 Å². The van der Waals surface area contributed by atoms with E-state index in [0.29, 0.717) is 0 Å². The number of hydrogen-bond acceptors (Lipinski definition) is 2. The second-order valence-corrected chi connectivity index (χ2v) is 14.1. The molecular formula is C28H33O4Sb. The molecule has 0 aliphatic heterocycles. The van der Waals surface area contributed by atoms with Crippen molar-refractivity contribution >= 4 is 42.7 Å². The van der Waals surface area contributed by atoms with Crippen LogP contribution in [0.2, 0.25) is 0 Å². The van der Waals surface area contributed by atoms with Gasteiger partial charge >= 0.3 is 134 Å². The number of carboxylic acids is 2. The zero-order valence-electron chi connectivity index (χ0n) is 19.0. The standard InChI is InChI=1S/C10H18O4.3C6H5.Sb/c11-9(12)7-5-3-1-2-4-6-8-10(13)14;3*1-2-4-6-5-3-1;/h1-8H2,(H,11,12)(H,13,14);3*1-5H;. The fourth-order valence-electron chi connectivity index (χ4n) is 3.44. The molecule has 0 spiro atoms. The third kappa shape index (κ3) is 11.2. The predicted molar refractivity (Wildman–Crippen MR) is 136 cm³/mol. The maximum atomic E-state index is 10.1. The molecule has 0 fully saturated rings. The van der Waals surface area contributed by atoms with E-state index in [0.717, 1.165) is 38.5 Å². The molecule has 3 aromatic carbocycles. The number of rotatable bonds is 12. The minimum atomic E-state index is -1.83. The topological polar surface area (TPSA) is 74.6 Å². The van der Waals surface area contributed by atoms with Crippen LogP contribution in [0, 0.1) is 0 Å². The van der Waals surface area contributed by atoms with Crippen LogP contribution in [0.25, 0.3) is 0 Å². The van der Waals surface area contributed by atoms with Gasteiger partial charge in [0.2, 0.25) is 0 Å². The molecule has 0 radical (unpaired) electrons. The molecule has 33 heavy (non-hydrogen) atoms. The molecule has 3 rings (SSSR count). The zero-order valence-corrected chi connectivity index (χ0v) is 21.5. The summed E-state index contributed by atoms with van der Waals surface area (Å²) in [6.45, 7) is 0. The first-order valence-corrected chi connectivity index (χ1v) is 15.3. The average molecular weight is 555 g/mol. The second-order valence-electron chi connectivity index (χ2n) is 7.75. The van der Waals surface area contributed by atoms with Gasteiger partial charge in [0.05, 0.1) is 0 Å². The summed E-state index contributed by atoms with van der Waals surface area (Å²) in [7, 11) is 0. The van der Waals surface area contributed by atoms with Crippen LogP contribution in [0.3, 0.4) is 0 Å². The Morgan fingerprint density at radius 3 is 1.03 bits per heavy atom. The van der Waals surface area contributed by atoms with Crippen molar-refractivity contribution in [2.24, 2.45) is 0 Å². The van der Waals surface area contributed by atoms with Crippen molar-refractivity contribution in [2.45, 2.75) is 51.4 Å². The maximum absolute atomic E-state index is 10.1. The van der Waals surface area contributed by atoms with Crippen LogP contribution < -0.4 is 10.5 Å². The minimum absolute atomic E-state index is 0.245. The Balaban J connectivity index is 0.000000248. The van der Waals surface area contributed by atoms with Crippen molar-refractivity contribution in [3.8, 4) is 0 Å². The number of carbonyl (C=O) groups is 2. The summed E-state index contributed by atoms with van der Waals surface area (Å²) in [5.41, 5.74) is 0. The summed E-state index contributed by atoms with van der Waals surface area (Å²) in [4.78, 5) is 20.3. The molecule has 0 unspecified atom stereocenters. The van der Waals surface area contributed by atoms with Gasteiger partial charge in [0.15, 0.2) is 0 Å². The number of benzene rings is 3.